The fourth-order valence-corrected chi connectivity index (χ4v) is 3.32. The van der Waals surface area contributed by atoms with E-state index in [1.165, 1.54) is 31.2 Å². The lowest BCUT2D eigenvalue weighted by Crippen LogP contribution is -2.35. The van der Waals surface area contributed by atoms with Gasteiger partial charge in [-0.1, -0.05) is 38.0 Å². The number of aromatic nitrogens is 2. The molecule has 3 unspecified atom stereocenters. The minimum absolute atomic E-state index is 0.359. The van der Waals surface area contributed by atoms with Crippen molar-refractivity contribution in [1.82, 2.24) is 15.1 Å². The molecule has 3 atom stereocenters. The van der Waals surface area contributed by atoms with Crippen molar-refractivity contribution in [3.8, 4) is 5.69 Å². The van der Waals surface area contributed by atoms with E-state index in [1.807, 2.05) is 29.1 Å². The summed E-state index contributed by atoms with van der Waals surface area (Å²) in [5.41, 5.74) is 2.37. The number of para-hydroxylation sites is 1. The average Bonchev–Trinajstić information content (AvgIpc) is 2.98. The molecule has 0 radical (unpaired) electrons. The molecule has 1 fully saturated rings. The summed E-state index contributed by atoms with van der Waals surface area (Å²) in [4.78, 5) is 0. The van der Waals surface area contributed by atoms with E-state index in [-0.39, 0.29) is 0 Å². The normalized spacial score (nSPS) is 23.9. The number of rotatable bonds is 4. The first-order chi connectivity index (χ1) is 10.2. The Labute approximate surface area is 127 Å². The summed E-state index contributed by atoms with van der Waals surface area (Å²) in [5, 5.41) is 8.27. The maximum atomic E-state index is 4.49. The predicted octanol–water partition coefficient (Wildman–Crippen LogP) is 4.10. The minimum atomic E-state index is 0.359. The van der Waals surface area contributed by atoms with Gasteiger partial charge in [0.1, 0.15) is 0 Å². The fraction of sp³-hybridized carbons (Fsp3) is 0.500. The molecule has 3 rings (SSSR count). The van der Waals surface area contributed by atoms with Gasteiger partial charge in [0.15, 0.2) is 0 Å². The van der Waals surface area contributed by atoms with Gasteiger partial charge < -0.3 is 5.32 Å². The van der Waals surface area contributed by atoms with E-state index in [9.17, 15) is 0 Å². The van der Waals surface area contributed by atoms with Gasteiger partial charge >= 0.3 is 0 Å². The SMILES string of the molecule is CC1CCCC(NC(C)c2cnn(-c3ccccc3)c2)C1. The van der Waals surface area contributed by atoms with Crippen molar-refractivity contribution in [1.29, 1.82) is 0 Å². The monoisotopic (exact) mass is 283 g/mol. The summed E-state index contributed by atoms with van der Waals surface area (Å²) in [6.45, 7) is 4.61. The number of nitrogens with zero attached hydrogens (tertiary/aromatic N) is 2. The van der Waals surface area contributed by atoms with Gasteiger partial charge in [-0.3, -0.25) is 0 Å². The summed E-state index contributed by atoms with van der Waals surface area (Å²) in [5.74, 6) is 0.857. The highest BCUT2D eigenvalue weighted by molar-refractivity contribution is 5.31. The standard InChI is InChI=1S/C18H25N3/c1-14-7-6-8-17(11-14)20-15(2)16-12-19-21(13-16)18-9-4-3-5-10-18/h3-5,9-10,12-15,17,20H,6-8,11H2,1-2H3. The second-order valence-electron chi connectivity index (χ2n) is 6.41. The molecule has 1 aromatic carbocycles. The largest absolute Gasteiger partial charge is 0.307 e. The lowest BCUT2D eigenvalue weighted by molar-refractivity contribution is 0.285. The van der Waals surface area contributed by atoms with Gasteiger partial charge in [-0.05, 0) is 37.8 Å². The number of benzene rings is 1. The van der Waals surface area contributed by atoms with Crippen LogP contribution in [-0.2, 0) is 0 Å². The van der Waals surface area contributed by atoms with E-state index >= 15 is 0 Å². The van der Waals surface area contributed by atoms with Gasteiger partial charge in [-0.25, -0.2) is 4.68 Å². The molecule has 112 valence electrons. The van der Waals surface area contributed by atoms with Gasteiger partial charge in [0.05, 0.1) is 11.9 Å². The minimum Gasteiger partial charge on any atom is -0.307 e. The Morgan fingerprint density at radius 3 is 2.81 bits per heavy atom. The molecular formula is C18H25N3. The smallest absolute Gasteiger partial charge is 0.0645 e. The first-order valence-electron chi connectivity index (χ1n) is 8.08. The molecule has 1 aromatic heterocycles. The Bertz CT molecular complexity index is 561. The van der Waals surface area contributed by atoms with E-state index in [1.54, 1.807) is 0 Å². The third-order valence-electron chi connectivity index (χ3n) is 4.55. The van der Waals surface area contributed by atoms with Crippen LogP contribution in [0.25, 0.3) is 5.69 Å². The summed E-state index contributed by atoms with van der Waals surface area (Å²) >= 11 is 0. The molecule has 2 aromatic rings. The molecule has 0 bridgehead atoms. The predicted molar refractivity (Wildman–Crippen MR) is 86.5 cm³/mol. The topological polar surface area (TPSA) is 29.9 Å². The van der Waals surface area contributed by atoms with Crippen LogP contribution in [0.2, 0.25) is 0 Å². The summed E-state index contributed by atoms with van der Waals surface area (Å²) < 4.78 is 1.96. The van der Waals surface area contributed by atoms with Crippen molar-refractivity contribution in [2.75, 3.05) is 0 Å². The molecule has 3 nitrogen and oxygen atoms in total. The molecule has 3 heteroatoms. The molecule has 21 heavy (non-hydrogen) atoms. The Morgan fingerprint density at radius 2 is 2.05 bits per heavy atom. The molecule has 0 amide bonds. The van der Waals surface area contributed by atoms with Crippen molar-refractivity contribution in [3.05, 3.63) is 48.3 Å². The first-order valence-corrected chi connectivity index (χ1v) is 8.08. The molecule has 0 spiro atoms. The Balaban J connectivity index is 1.65. The molecule has 1 aliphatic rings. The quantitative estimate of drug-likeness (QED) is 0.915. The summed E-state index contributed by atoms with van der Waals surface area (Å²) in [7, 11) is 0. The van der Waals surface area contributed by atoms with Crippen LogP contribution in [-0.4, -0.2) is 15.8 Å². The van der Waals surface area contributed by atoms with E-state index in [0.717, 1.165) is 11.6 Å². The molecule has 1 aliphatic carbocycles. The zero-order valence-electron chi connectivity index (χ0n) is 13.0. The number of hydrogen-bond donors (Lipinski definition) is 1. The second kappa shape index (κ2) is 6.44. The van der Waals surface area contributed by atoms with Crippen molar-refractivity contribution in [2.24, 2.45) is 5.92 Å². The molecule has 0 saturated heterocycles. The Morgan fingerprint density at radius 1 is 1.24 bits per heavy atom. The fourth-order valence-electron chi connectivity index (χ4n) is 3.32. The van der Waals surface area contributed by atoms with Gasteiger partial charge in [-0.15, -0.1) is 0 Å². The van der Waals surface area contributed by atoms with Crippen LogP contribution in [0.3, 0.4) is 0 Å². The third kappa shape index (κ3) is 3.53. The van der Waals surface area contributed by atoms with Crippen LogP contribution in [0.4, 0.5) is 0 Å². The van der Waals surface area contributed by atoms with Crippen LogP contribution in [0.15, 0.2) is 42.7 Å². The van der Waals surface area contributed by atoms with E-state index in [0.29, 0.717) is 12.1 Å². The lowest BCUT2D eigenvalue weighted by Gasteiger charge is -2.29. The molecule has 1 saturated carbocycles. The van der Waals surface area contributed by atoms with E-state index < -0.39 is 0 Å². The molecule has 1 N–H and O–H groups in total. The van der Waals surface area contributed by atoms with Gasteiger partial charge in [0, 0.05) is 23.8 Å². The van der Waals surface area contributed by atoms with Crippen LogP contribution >= 0.6 is 0 Å². The summed E-state index contributed by atoms with van der Waals surface area (Å²) in [6, 6.07) is 11.3. The Hall–Kier alpha value is -1.61. The van der Waals surface area contributed by atoms with Gasteiger partial charge in [0.25, 0.3) is 0 Å². The van der Waals surface area contributed by atoms with Crippen LogP contribution < -0.4 is 5.32 Å². The van der Waals surface area contributed by atoms with Crippen molar-refractivity contribution < 1.29 is 0 Å². The van der Waals surface area contributed by atoms with Crippen LogP contribution in [0.5, 0.6) is 0 Å². The average molecular weight is 283 g/mol. The second-order valence-corrected chi connectivity index (χ2v) is 6.41. The number of hydrogen-bond acceptors (Lipinski definition) is 2. The zero-order valence-corrected chi connectivity index (χ0v) is 13.0. The van der Waals surface area contributed by atoms with Crippen molar-refractivity contribution in [3.63, 3.8) is 0 Å². The number of nitrogens with one attached hydrogen (secondary N) is 1. The van der Waals surface area contributed by atoms with E-state index in [2.05, 4.69) is 42.6 Å². The highest BCUT2D eigenvalue weighted by Gasteiger charge is 2.21. The van der Waals surface area contributed by atoms with Crippen LogP contribution in [0, 0.1) is 5.92 Å². The zero-order chi connectivity index (χ0) is 14.7. The van der Waals surface area contributed by atoms with Gasteiger partial charge in [-0.2, -0.15) is 5.10 Å². The molecule has 1 heterocycles. The maximum absolute atomic E-state index is 4.49. The van der Waals surface area contributed by atoms with Crippen LogP contribution in [0.1, 0.15) is 51.1 Å². The molecular weight excluding hydrogens is 258 g/mol. The lowest BCUT2D eigenvalue weighted by atomic mass is 9.86. The Kier molecular flexibility index (Phi) is 4.39. The highest BCUT2D eigenvalue weighted by Crippen LogP contribution is 2.25. The van der Waals surface area contributed by atoms with Gasteiger partial charge in [0.2, 0.25) is 0 Å². The third-order valence-corrected chi connectivity index (χ3v) is 4.55. The highest BCUT2D eigenvalue weighted by atomic mass is 15.3. The van der Waals surface area contributed by atoms with Crippen molar-refractivity contribution in [2.45, 2.75) is 51.6 Å². The van der Waals surface area contributed by atoms with E-state index in [4.69, 9.17) is 0 Å². The molecule has 0 aliphatic heterocycles. The maximum Gasteiger partial charge on any atom is 0.0645 e. The first kappa shape index (κ1) is 14.3. The van der Waals surface area contributed by atoms with Crippen molar-refractivity contribution >= 4 is 0 Å². The summed E-state index contributed by atoms with van der Waals surface area (Å²) in [6.07, 6.45) is 9.47.